The van der Waals surface area contributed by atoms with Crippen LogP contribution in [0.2, 0.25) is 0 Å². The molecule has 0 aliphatic heterocycles. The number of benzene rings is 1. The fourth-order valence-electron chi connectivity index (χ4n) is 1.49. The quantitative estimate of drug-likeness (QED) is 0.303. The molecule has 2 rings (SSSR count). The second-order valence-electron chi connectivity index (χ2n) is 3.20. The molecule has 0 radical (unpaired) electrons. The Hall–Kier alpha value is -2.20. The Morgan fingerprint density at radius 2 is 2.18 bits per heavy atom. The lowest BCUT2D eigenvalue weighted by molar-refractivity contribution is -0.386. The molecule has 2 aromatic rings. The Bertz CT molecular complexity index is 719. The molecule has 0 bridgehead atoms. The number of nitrogens with zero attached hydrogens (tertiary/aromatic N) is 2. The summed E-state index contributed by atoms with van der Waals surface area (Å²) in [6.45, 7) is 0. The maximum atomic E-state index is 11.0. The van der Waals surface area contributed by atoms with Gasteiger partial charge in [-0.05, 0) is 6.07 Å². The molecular formula is C7H6N4O5S. The van der Waals surface area contributed by atoms with Crippen molar-refractivity contribution in [2.75, 3.05) is 5.73 Å². The van der Waals surface area contributed by atoms with Crippen molar-refractivity contribution in [3.8, 4) is 0 Å². The van der Waals surface area contributed by atoms with Crippen molar-refractivity contribution in [3.63, 3.8) is 0 Å². The molecule has 90 valence electrons. The van der Waals surface area contributed by atoms with Gasteiger partial charge in [0.2, 0.25) is 0 Å². The number of nitrogens with two attached hydrogens (primary N) is 1. The van der Waals surface area contributed by atoms with Crippen LogP contribution in [0.1, 0.15) is 0 Å². The van der Waals surface area contributed by atoms with Gasteiger partial charge in [0, 0.05) is 0 Å². The van der Waals surface area contributed by atoms with Gasteiger partial charge in [0.25, 0.3) is 0 Å². The third-order valence-electron chi connectivity index (χ3n) is 2.16. The predicted octanol–water partition coefficient (Wildman–Crippen LogP) is 0.300. The summed E-state index contributed by atoms with van der Waals surface area (Å²) in [5, 5.41) is 16.7. The molecule has 0 saturated heterocycles. The highest BCUT2D eigenvalue weighted by Gasteiger charge is 2.29. The van der Waals surface area contributed by atoms with Gasteiger partial charge in [0.15, 0.2) is 4.90 Å². The summed E-state index contributed by atoms with van der Waals surface area (Å²) in [6, 6.07) is 0.813. The molecule has 1 heterocycles. The molecule has 0 atom stereocenters. The minimum atomic E-state index is -4.73. The van der Waals surface area contributed by atoms with Gasteiger partial charge in [0.05, 0.1) is 22.3 Å². The van der Waals surface area contributed by atoms with Gasteiger partial charge in [-0.25, -0.2) is 0 Å². The molecule has 10 heteroatoms. The van der Waals surface area contributed by atoms with Crippen LogP contribution in [-0.4, -0.2) is 28.1 Å². The van der Waals surface area contributed by atoms with Crippen molar-refractivity contribution in [2.24, 2.45) is 0 Å². The molecule has 1 aromatic heterocycles. The van der Waals surface area contributed by atoms with Crippen LogP contribution in [0, 0.1) is 10.1 Å². The number of hydrogen-bond acceptors (Lipinski definition) is 6. The summed E-state index contributed by atoms with van der Waals surface area (Å²) in [6.07, 6.45) is 1.07. The fourth-order valence-corrected chi connectivity index (χ4v) is 2.19. The zero-order valence-corrected chi connectivity index (χ0v) is 8.93. The Labute approximate surface area is 94.1 Å². The number of rotatable bonds is 2. The van der Waals surface area contributed by atoms with Gasteiger partial charge >= 0.3 is 15.8 Å². The van der Waals surface area contributed by atoms with Crippen molar-refractivity contribution in [1.29, 1.82) is 0 Å². The Balaban J connectivity index is 3.03. The zero-order valence-electron chi connectivity index (χ0n) is 8.11. The minimum Gasteiger partial charge on any atom is -0.397 e. The van der Waals surface area contributed by atoms with Crippen molar-refractivity contribution in [1.82, 2.24) is 10.2 Å². The molecule has 0 aliphatic rings. The maximum Gasteiger partial charge on any atom is 0.301 e. The number of fused-ring (bicyclic) bond motifs is 1. The van der Waals surface area contributed by atoms with Gasteiger partial charge in [-0.3, -0.25) is 19.8 Å². The van der Waals surface area contributed by atoms with Crippen LogP contribution < -0.4 is 5.73 Å². The van der Waals surface area contributed by atoms with E-state index in [0.717, 1.165) is 12.3 Å². The standard InChI is InChI=1S/C7H6N4O5S/c8-4-1-5(17(14,15)16)7(11(12)13)3-2-9-10-6(3)4/h1-2H,8H2,(H,9,10)(H,14,15,16). The molecule has 0 aliphatic carbocycles. The Morgan fingerprint density at radius 3 is 2.71 bits per heavy atom. The van der Waals surface area contributed by atoms with Crippen molar-refractivity contribution >= 4 is 32.4 Å². The summed E-state index contributed by atoms with van der Waals surface area (Å²) in [5.41, 5.74) is 4.82. The van der Waals surface area contributed by atoms with E-state index in [9.17, 15) is 18.5 Å². The molecule has 9 nitrogen and oxygen atoms in total. The lowest BCUT2D eigenvalue weighted by Gasteiger charge is -2.03. The van der Waals surface area contributed by atoms with Crippen molar-refractivity contribution in [3.05, 3.63) is 22.4 Å². The van der Waals surface area contributed by atoms with E-state index < -0.39 is 25.6 Å². The summed E-state index contributed by atoms with van der Waals surface area (Å²) in [7, 11) is -4.73. The molecule has 17 heavy (non-hydrogen) atoms. The zero-order chi connectivity index (χ0) is 12.8. The maximum absolute atomic E-state index is 11.0. The Morgan fingerprint density at radius 1 is 1.53 bits per heavy atom. The number of nitrogen functional groups attached to an aromatic ring is 1. The van der Waals surface area contributed by atoms with Crippen LogP contribution in [0.4, 0.5) is 11.4 Å². The highest BCUT2D eigenvalue weighted by molar-refractivity contribution is 7.86. The lowest BCUT2D eigenvalue weighted by Crippen LogP contribution is -2.05. The van der Waals surface area contributed by atoms with E-state index in [1.54, 1.807) is 0 Å². The average Bonchev–Trinajstić information content (AvgIpc) is 2.64. The van der Waals surface area contributed by atoms with Crippen molar-refractivity contribution < 1.29 is 17.9 Å². The van der Waals surface area contributed by atoms with E-state index in [-0.39, 0.29) is 16.6 Å². The van der Waals surface area contributed by atoms with Gasteiger partial charge in [0.1, 0.15) is 5.39 Å². The van der Waals surface area contributed by atoms with E-state index in [1.165, 1.54) is 0 Å². The normalized spacial score (nSPS) is 11.8. The van der Waals surface area contributed by atoms with Crippen LogP contribution in [0.25, 0.3) is 10.9 Å². The monoisotopic (exact) mass is 258 g/mol. The van der Waals surface area contributed by atoms with Crippen LogP contribution in [0.3, 0.4) is 0 Å². The second-order valence-corrected chi connectivity index (χ2v) is 4.59. The van der Waals surface area contributed by atoms with Crippen LogP contribution >= 0.6 is 0 Å². The molecule has 0 saturated carbocycles. The Kier molecular flexibility index (Phi) is 2.26. The van der Waals surface area contributed by atoms with Gasteiger partial charge in [-0.15, -0.1) is 0 Å². The number of nitrogens with one attached hydrogen (secondary N) is 1. The molecule has 0 amide bonds. The van der Waals surface area contributed by atoms with E-state index in [4.69, 9.17) is 10.3 Å². The molecule has 1 aromatic carbocycles. The number of anilines is 1. The molecular weight excluding hydrogens is 252 g/mol. The number of nitro groups is 1. The van der Waals surface area contributed by atoms with Crippen molar-refractivity contribution in [2.45, 2.75) is 4.90 Å². The topological polar surface area (TPSA) is 152 Å². The van der Waals surface area contributed by atoms with E-state index >= 15 is 0 Å². The van der Waals surface area contributed by atoms with Gasteiger partial charge in [-0.1, -0.05) is 0 Å². The first-order chi connectivity index (χ1) is 7.82. The summed E-state index contributed by atoms with van der Waals surface area (Å²) in [5.74, 6) is 0. The van der Waals surface area contributed by atoms with Crippen LogP contribution in [-0.2, 0) is 10.1 Å². The van der Waals surface area contributed by atoms with Crippen LogP contribution in [0.5, 0.6) is 0 Å². The highest BCUT2D eigenvalue weighted by Crippen LogP contribution is 2.34. The SMILES string of the molecule is Nc1cc(S(=O)(=O)O)c([N+](=O)[O-])c2cn[nH]c12. The van der Waals surface area contributed by atoms with Gasteiger partial charge in [-0.2, -0.15) is 13.5 Å². The predicted molar refractivity (Wildman–Crippen MR) is 57.0 cm³/mol. The smallest absolute Gasteiger partial charge is 0.301 e. The first-order valence-electron chi connectivity index (χ1n) is 4.20. The largest absolute Gasteiger partial charge is 0.397 e. The lowest BCUT2D eigenvalue weighted by atomic mass is 10.2. The number of nitro benzene ring substituents is 1. The summed E-state index contributed by atoms with van der Waals surface area (Å²) in [4.78, 5) is 9.07. The third kappa shape index (κ3) is 1.68. The average molecular weight is 258 g/mol. The third-order valence-corrected chi connectivity index (χ3v) is 3.03. The van der Waals surface area contributed by atoms with Gasteiger partial charge < -0.3 is 5.73 Å². The number of hydrogen-bond donors (Lipinski definition) is 3. The summed E-state index contributed by atoms with van der Waals surface area (Å²) >= 11 is 0. The number of aromatic nitrogens is 2. The van der Waals surface area contributed by atoms with E-state index in [0.29, 0.717) is 0 Å². The first-order valence-corrected chi connectivity index (χ1v) is 5.64. The molecule has 0 spiro atoms. The number of aromatic amines is 1. The number of H-pyrrole nitrogens is 1. The van der Waals surface area contributed by atoms with Crippen LogP contribution in [0.15, 0.2) is 17.2 Å². The molecule has 4 N–H and O–H groups in total. The second kappa shape index (κ2) is 3.40. The molecule has 0 fully saturated rings. The fraction of sp³-hybridized carbons (Fsp3) is 0. The summed E-state index contributed by atoms with van der Waals surface area (Å²) < 4.78 is 31.0. The molecule has 0 unspecified atom stereocenters. The first kappa shape index (κ1) is 11.3. The van der Waals surface area contributed by atoms with E-state index in [1.807, 2.05) is 0 Å². The van der Waals surface area contributed by atoms with E-state index in [2.05, 4.69) is 10.2 Å². The highest BCUT2D eigenvalue weighted by atomic mass is 32.2. The minimum absolute atomic E-state index is 0.0595.